The molecule has 0 bridgehead atoms. The van der Waals surface area contributed by atoms with E-state index < -0.39 is 17.7 Å². The van der Waals surface area contributed by atoms with E-state index in [2.05, 4.69) is 0 Å². The van der Waals surface area contributed by atoms with Crippen LogP contribution in [0.2, 0.25) is 4.34 Å². The van der Waals surface area contributed by atoms with Gasteiger partial charge in [0.05, 0.1) is 4.34 Å². The molecule has 3 aromatic rings. The number of halogens is 4. The first-order valence-electron chi connectivity index (χ1n) is 9.09. The molecule has 1 atom stereocenters. The van der Waals surface area contributed by atoms with Crippen LogP contribution in [0.15, 0.2) is 48.5 Å². The van der Waals surface area contributed by atoms with Crippen molar-refractivity contribution in [2.45, 2.75) is 26.3 Å². The van der Waals surface area contributed by atoms with E-state index in [-0.39, 0.29) is 24.9 Å². The lowest BCUT2D eigenvalue weighted by Crippen LogP contribution is -2.39. The highest BCUT2D eigenvalue weighted by molar-refractivity contribution is 7.16. The zero-order chi connectivity index (χ0) is 21.1. The molecular formula is C22H22Cl2F2N2OS. The zero-order valence-corrected chi connectivity index (χ0v) is 18.9. The Kier molecular flexibility index (Phi) is 8.38. The van der Waals surface area contributed by atoms with Gasteiger partial charge in [0.1, 0.15) is 6.04 Å². The van der Waals surface area contributed by atoms with E-state index in [1.807, 2.05) is 32.0 Å². The smallest absolute Gasteiger partial charge is 0.249 e. The van der Waals surface area contributed by atoms with Crippen LogP contribution in [-0.4, -0.2) is 12.5 Å². The number of thiophene rings is 1. The fraction of sp³-hybridized carbons (Fsp3) is 0.227. The minimum absolute atomic E-state index is 0. The van der Waals surface area contributed by atoms with E-state index in [0.717, 1.165) is 23.3 Å². The average Bonchev–Trinajstić information content (AvgIpc) is 3.13. The van der Waals surface area contributed by atoms with Crippen molar-refractivity contribution in [2.75, 3.05) is 11.4 Å². The fourth-order valence-electron chi connectivity index (χ4n) is 2.98. The normalized spacial score (nSPS) is 11.7. The second-order valence-corrected chi connectivity index (χ2v) is 8.62. The first-order valence-corrected chi connectivity index (χ1v) is 10.3. The predicted octanol–water partition coefficient (Wildman–Crippen LogP) is 5.99. The van der Waals surface area contributed by atoms with E-state index >= 15 is 0 Å². The highest BCUT2D eigenvalue weighted by Crippen LogP contribution is 2.29. The lowest BCUT2D eigenvalue weighted by Gasteiger charge is -2.26. The maximum atomic E-state index is 13.5. The van der Waals surface area contributed by atoms with Crippen LogP contribution in [0.5, 0.6) is 0 Å². The standard InChI is InChI=1S/C22H21ClF2N2OS.ClH/c1-13-3-5-16(11-14(13)2)27(10-9-15-4-6-17(24)18(25)12-15)22(28)21(26)19-7-8-20(23)29-19;/h3-8,11-12,21H,9-10,26H2,1-2H3;1H. The van der Waals surface area contributed by atoms with E-state index in [9.17, 15) is 13.6 Å². The van der Waals surface area contributed by atoms with Gasteiger partial charge in [-0.25, -0.2) is 8.78 Å². The molecule has 1 aromatic heterocycles. The predicted molar refractivity (Wildman–Crippen MR) is 122 cm³/mol. The number of benzene rings is 2. The average molecular weight is 471 g/mol. The molecule has 8 heteroatoms. The van der Waals surface area contributed by atoms with Gasteiger partial charge in [0.15, 0.2) is 11.6 Å². The first-order chi connectivity index (χ1) is 13.8. The summed E-state index contributed by atoms with van der Waals surface area (Å²) in [4.78, 5) is 15.5. The van der Waals surface area contributed by atoms with E-state index in [0.29, 0.717) is 26.9 Å². The summed E-state index contributed by atoms with van der Waals surface area (Å²) in [5.41, 5.74) is 9.67. The topological polar surface area (TPSA) is 46.3 Å². The highest BCUT2D eigenvalue weighted by Gasteiger charge is 2.25. The molecule has 0 spiro atoms. The molecule has 1 unspecified atom stereocenters. The maximum absolute atomic E-state index is 13.5. The maximum Gasteiger partial charge on any atom is 0.249 e. The van der Waals surface area contributed by atoms with Crippen molar-refractivity contribution in [1.29, 1.82) is 0 Å². The third-order valence-corrected chi connectivity index (χ3v) is 6.16. The van der Waals surface area contributed by atoms with Crippen LogP contribution in [0.4, 0.5) is 14.5 Å². The van der Waals surface area contributed by atoms with Crippen LogP contribution in [0.3, 0.4) is 0 Å². The van der Waals surface area contributed by atoms with Crippen molar-refractivity contribution in [3.8, 4) is 0 Å². The largest absolute Gasteiger partial charge is 0.316 e. The number of amides is 1. The number of hydrogen-bond acceptors (Lipinski definition) is 3. The molecule has 30 heavy (non-hydrogen) atoms. The summed E-state index contributed by atoms with van der Waals surface area (Å²) >= 11 is 7.25. The summed E-state index contributed by atoms with van der Waals surface area (Å²) in [5.74, 6) is -2.08. The zero-order valence-electron chi connectivity index (χ0n) is 16.5. The van der Waals surface area contributed by atoms with Gasteiger partial charge in [-0.2, -0.15) is 0 Å². The molecule has 0 aliphatic rings. The van der Waals surface area contributed by atoms with Crippen LogP contribution >= 0.6 is 35.3 Å². The number of carbonyl (C=O) groups excluding carboxylic acids is 1. The molecule has 0 aliphatic heterocycles. The molecule has 0 fully saturated rings. The molecular weight excluding hydrogens is 449 g/mol. The van der Waals surface area contributed by atoms with Crippen molar-refractivity contribution in [3.63, 3.8) is 0 Å². The summed E-state index contributed by atoms with van der Waals surface area (Å²) in [7, 11) is 0. The molecule has 1 amide bonds. The molecule has 3 rings (SSSR count). The Morgan fingerprint density at radius 2 is 1.80 bits per heavy atom. The van der Waals surface area contributed by atoms with E-state index in [1.165, 1.54) is 17.4 Å². The number of anilines is 1. The van der Waals surface area contributed by atoms with Crippen LogP contribution in [-0.2, 0) is 11.2 Å². The van der Waals surface area contributed by atoms with Gasteiger partial charge in [-0.1, -0.05) is 23.7 Å². The lowest BCUT2D eigenvalue weighted by atomic mass is 10.1. The Morgan fingerprint density at radius 3 is 2.40 bits per heavy atom. The number of rotatable bonds is 6. The van der Waals surface area contributed by atoms with E-state index in [1.54, 1.807) is 17.0 Å². The summed E-state index contributed by atoms with van der Waals surface area (Å²) in [6.45, 7) is 4.24. The van der Waals surface area contributed by atoms with Gasteiger partial charge in [0.25, 0.3) is 0 Å². The van der Waals surface area contributed by atoms with Crippen LogP contribution in [0, 0.1) is 25.5 Å². The molecule has 1 heterocycles. The number of nitrogens with zero attached hydrogens (tertiary/aromatic N) is 1. The van der Waals surface area contributed by atoms with Gasteiger partial charge in [-0.3, -0.25) is 4.79 Å². The molecule has 2 aromatic carbocycles. The third kappa shape index (κ3) is 5.58. The Morgan fingerprint density at radius 1 is 1.07 bits per heavy atom. The van der Waals surface area contributed by atoms with Crippen LogP contribution in [0.25, 0.3) is 0 Å². The Bertz CT molecular complexity index is 1040. The molecule has 0 aliphatic carbocycles. The van der Waals surface area contributed by atoms with Crippen molar-refractivity contribution in [3.05, 3.63) is 86.1 Å². The van der Waals surface area contributed by atoms with Gasteiger partial charge in [0.2, 0.25) is 5.91 Å². The Balaban J connectivity index is 0.00000320. The second kappa shape index (κ2) is 10.4. The van der Waals surface area contributed by atoms with Crippen LogP contribution < -0.4 is 10.6 Å². The first kappa shape index (κ1) is 24.3. The minimum Gasteiger partial charge on any atom is -0.316 e. The monoisotopic (exact) mass is 470 g/mol. The van der Waals surface area contributed by atoms with Crippen molar-refractivity contribution in [2.24, 2.45) is 5.73 Å². The van der Waals surface area contributed by atoms with Gasteiger partial charge >= 0.3 is 0 Å². The summed E-state index contributed by atoms with van der Waals surface area (Å²) in [6.07, 6.45) is 0.355. The van der Waals surface area contributed by atoms with Crippen molar-refractivity contribution in [1.82, 2.24) is 0 Å². The molecule has 0 saturated carbocycles. The van der Waals surface area contributed by atoms with Crippen LogP contribution in [0.1, 0.15) is 27.6 Å². The third-order valence-electron chi connectivity index (χ3n) is 4.84. The minimum atomic E-state index is -0.906. The number of nitrogens with two attached hydrogens (primary N) is 1. The SMILES string of the molecule is Cc1ccc(N(CCc2ccc(F)c(F)c2)C(=O)C(N)c2ccc(Cl)s2)cc1C.Cl. The van der Waals surface area contributed by atoms with Crippen molar-refractivity contribution >= 4 is 46.9 Å². The van der Waals surface area contributed by atoms with Gasteiger partial charge in [-0.15, -0.1) is 23.7 Å². The summed E-state index contributed by atoms with van der Waals surface area (Å²) in [6, 6.07) is 12.1. The Labute approximate surface area is 189 Å². The second-order valence-electron chi connectivity index (χ2n) is 6.88. The quantitative estimate of drug-likeness (QED) is 0.480. The molecule has 0 radical (unpaired) electrons. The number of carbonyl (C=O) groups is 1. The van der Waals surface area contributed by atoms with E-state index in [4.69, 9.17) is 17.3 Å². The number of aryl methyl sites for hydroxylation is 2. The summed E-state index contributed by atoms with van der Waals surface area (Å²) < 4.78 is 27.3. The molecule has 3 nitrogen and oxygen atoms in total. The summed E-state index contributed by atoms with van der Waals surface area (Å²) in [5, 5.41) is 0. The van der Waals surface area contributed by atoms with Gasteiger partial charge in [0, 0.05) is 17.1 Å². The fourth-order valence-corrected chi connectivity index (χ4v) is 4.04. The molecule has 0 saturated heterocycles. The Hall–Kier alpha value is -1.99. The lowest BCUT2D eigenvalue weighted by molar-refractivity contribution is -0.119. The number of hydrogen-bond donors (Lipinski definition) is 1. The van der Waals surface area contributed by atoms with Gasteiger partial charge < -0.3 is 10.6 Å². The van der Waals surface area contributed by atoms with Crippen molar-refractivity contribution < 1.29 is 13.6 Å². The van der Waals surface area contributed by atoms with Gasteiger partial charge in [-0.05, 0) is 73.4 Å². The highest BCUT2D eigenvalue weighted by atomic mass is 35.5. The molecule has 160 valence electrons. The molecule has 2 N–H and O–H groups in total.